The molecular formula is C27H30ClN3O5S. The number of hydrogen-bond acceptors (Lipinski definition) is 5. The fraction of sp³-hybridized carbons (Fsp3) is 0.259. The van der Waals surface area contributed by atoms with Gasteiger partial charge in [0.1, 0.15) is 18.3 Å². The molecule has 2 amide bonds. The van der Waals surface area contributed by atoms with Crippen molar-refractivity contribution in [1.82, 2.24) is 10.2 Å². The van der Waals surface area contributed by atoms with Crippen LogP contribution in [0.3, 0.4) is 0 Å². The molecule has 0 radical (unpaired) electrons. The van der Waals surface area contributed by atoms with Crippen LogP contribution in [0, 0.1) is 0 Å². The fourth-order valence-corrected chi connectivity index (χ4v) is 5.24. The Bertz CT molecular complexity index is 1300. The van der Waals surface area contributed by atoms with E-state index in [0.717, 1.165) is 9.87 Å². The average molecular weight is 544 g/mol. The van der Waals surface area contributed by atoms with Gasteiger partial charge in [-0.15, -0.1) is 0 Å². The highest BCUT2D eigenvalue weighted by atomic mass is 35.5. The highest BCUT2D eigenvalue weighted by Crippen LogP contribution is 2.26. The third-order valence-corrected chi connectivity index (χ3v) is 7.77. The SMILES string of the molecule is CCOc1ccc(S(=O)(=O)N(CC(=O)N(Cc2ccc(Cl)cc2)[C@H](C)C(=O)NC)c2ccccc2)cc1. The molecule has 1 N–H and O–H groups in total. The largest absolute Gasteiger partial charge is 0.494 e. The van der Waals surface area contributed by atoms with Crippen molar-refractivity contribution in [2.24, 2.45) is 0 Å². The lowest BCUT2D eigenvalue weighted by atomic mass is 10.1. The van der Waals surface area contributed by atoms with Crippen LogP contribution in [0.2, 0.25) is 5.02 Å². The van der Waals surface area contributed by atoms with E-state index in [1.807, 2.05) is 6.92 Å². The third kappa shape index (κ3) is 7.02. The Morgan fingerprint density at radius 1 is 0.973 bits per heavy atom. The Balaban J connectivity index is 1.98. The van der Waals surface area contributed by atoms with Gasteiger partial charge in [-0.2, -0.15) is 0 Å². The van der Waals surface area contributed by atoms with Gasteiger partial charge in [0.2, 0.25) is 11.8 Å². The predicted octanol–water partition coefficient (Wildman–Crippen LogP) is 4.10. The lowest BCUT2D eigenvalue weighted by Gasteiger charge is -2.31. The first-order valence-corrected chi connectivity index (χ1v) is 13.5. The van der Waals surface area contributed by atoms with Gasteiger partial charge in [-0.3, -0.25) is 13.9 Å². The number of rotatable bonds is 11. The summed E-state index contributed by atoms with van der Waals surface area (Å²) < 4.78 is 33.9. The van der Waals surface area contributed by atoms with Crippen LogP contribution in [0.5, 0.6) is 5.75 Å². The van der Waals surface area contributed by atoms with Crippen LogP contribution in [0.25, 0.3) is 0 Å². The molecule has 0 saturated heterocycles. The minimum absolute atomic E-state index is 0.0104. The first kappa shape index (κ1) is 28.0. The van der Waals surface area contributed by atoms with E-state index in [4.69, 9.17) is 16.3 Å². The topological polar surface area (TPSA) is 96.0 Å². The molecule has 0 heterocycles. The monoisotopic (exact) mass is 543 g/mol. The molecule has 0 saturated carbocycles. The summed E-state index contributed by atoms with van der Waals surface area (Å²) in [5, 5.41) is 3.09. The Hall–Kier alpha value is -3.56. The minimum Gasteiger partial charge on any atom is -0.494 e. The molecule has 0 aliphatic heterocycles. The zero-order valence-electron chi connectivity index (χ0n) is 20.9. The Morgan fingerprint density at radius 3 is 2.16 bits per heavy atom. The van der Waals surface area contributed by atoms with Crippen molar-refractivity contribution in [2.75, 3.05) is 24.5 Å². The molecule has 0 unspecified atom stereocenters. The molecule has 3 aromatic carbocycles. The van der Waals surface area contributed by atoms with E-state index in [2.05, 4.69) is 5.32 Å². The van der Waals surface area contributed by atoms with Crippen molar-refractivity contribution in [3.8, 4) is 5.75 Å². The van der Waals surface area contributed by atoms with Gasteiger partial charge in [0, 0.05) is 18.6 Å². The van der Waals surface area contributed by atoms with Crippen molar-refractivity contribution < 1.29 is 22.7 Å². The Labute approximate surface area is 222 Å². The summed E-state index contributed by atoms with van der Waals surface area (Å²) in [6.45, 7) is 3.47. The summed E-state index contributed by atoms with van der Waals surface area (Å²) in [6, 6.07) is 20.5. The lowest BCUT2D eigenvalue weighted by Crippen LogP contribution is -2.50. The summed E-state index contributed by atoms with van der Waals surface area (Å²) in [5.74, 6) is -0.371. The highest BCUT2D eigenvalue weighted by Gasteiger charge is 2.32. The number of likely N-dealkylation sites (N-methyl/N-ethyl adjacent to an activating group) is 1. The third-order valence-electron chi connectivity index (χ3n) is 5.73. The number of sulfonamides is 1. The van der Waals surface area contributed by atoms with Crippen LogP contribution in [0.4, 0.5) is 5.69 Å². The molecule has 10 heteroatoms. The van der Waals surface area contributed by atoms with Crippen molar-refractivity contribution in [2.45, 2.75) is 31.3 Å². The van der Waals surface area contributed by atoms with Crippen LogP contribution in [0.15, 0.2) is 83.8 Å². The van der Waals surface area contributed by atoms with Crippen molar-refractivity contribution in [1.29, 1.82) is 0 Å². The zero-order chi connectivity index (χ0) is 27.0. The molecule has 0 aliphatic carbocycles. The van der Waals surface area contributed by atoms with Crippen LogP contribution in [-0.2, 0) is 26.2 Å². The van der Waals surface area contributed by atoms with Gasteiger partial charge in [0.15, 0.2) is 0 Å². The van der Waals surface area contributed by atoms with Crippen molar-refractivity contribution >= 4 is 39.1 Å². The second-order valence-electron chi connectivity index (χ2n) is 8.19. The number of benzene rings is 3. The van der Waals surface area contributed by atoms with Gasteiger partial charge >= 0.3 is 0 Å². The fourth-order valence-electron chi connectivity index (χ4n) is 3.70. The van der Waals surface area contributed by atoms with Crippen molar-refractivity contribution in [3.05, 3.63) is 89.4 Å². The van der Waals surface area contributed by atoms with Gasteiger partial charge in [0.25, 0.3) is 10.0 Å². The standard InChI is InChI=1S/C27H30ClN3O5S/c1-4-36-24-14-16-25(17-15-24)37(34,35)31(23-8-6-5-7-9-23)19-26(32)30(20(2)27(33)29-3)18-21-10-12-22(28)13-11-21/h5-17,20H,4,18-19H2,1-3H3,(H,29,33)/t20-/m1/s1. The molecule has 8 nitrogen and oxygen atoms in total. The molecule has 0 aromatic heterocycles. The molecule has 37 heavy (non-hydrogen) atoms. The van der Waals surface area contributed by atoms with E-state index in [1.54, 1.807) is 73.7 Å². The number of ether oxygens (including phenoxy) is 1. The van der Waals surface area contributed by atoms with Crippen molar-refractivity contribution in [3.63, 3.8) is 0 Å². The van der Waals surface area contributed by atoms with E-state index in [1.165, 1.54) is 24.1 Å². The summed E-state index contributed by atoms with van der Waals surface area (Å²) >= 11 is 5.99. The van der Waals surface area contributed by atoms with Gasteiger partial charge in [-0.25, -0.2) is 8.42 Å². The number of hydrogen-bond donors (Lipinski definition) is 1. The number of para-hydroxylation sites is 1. The maximum absolute atomic E-state index is 13.7. The van der Waals surface area contributed by atoms with Gasteiger partial charge in [-0.1, -0.05) is 41.9 Å². The minimum atomic E-state index is -4.13. The van der Waals surface area contributed by atoms with Gasteiger partial charge in [-0.05, 0) is 67.9 Å². The van der Waals surface area contributed by atoms with Crippen LogP contribution >= 0.6 is 11.6 Å². The summed E-state index contributed by atoms with van der Waals surface area (Å²) in [6.07, 6.45) is 0. The number of nitrogens with zero attached hydrogens (tertiary/aromatic N) is 2. The number of amides is 2. The number of carbonyl (C=O) groups excluding carboxylic acids is 2. The molecule has 0 bridgehead atoms. The molecular weight excluding hydrogens is 514 g/mol. The predicted molar refractivity (Wildman–Crippen MR) is 144 cm³/mol. The number of halogens is 1. The van der Waals surface area contributed by atoms with E-state index in [-0.39, 0.29) is 17.3 Å². The first-order valence-electron chi connectivity index (χ1n) is 11.7. The van der Waals surface area contributed by atoms with Crippen LogP contribution in [0.1, 0.15) is 19.4 Å². The van der Waals surface area contributed by atoms with Crippen LogP contribution in [-0.4, -0.2) is 51.4 Å². The van der Waals surface area contributed by atoms with E-state index in [0.29, 0.717) is 23.1 Å². The molecule has 0 spiro atoms. The maximum atomic E-state index is 13.7. The molecule has 3 aromatic rings. The summed E-state index contributed by atoms with van der Waals surface area (Å²) in [4.78, 5) is 27.5. The second-order valence-corrected chi connectivity index (χ2v) is 10.5. The second kappa shape index (κ2) is 12.6. The van der Waals surface area contributed by atoms with Crippen LogP contribution < -0.4 is 14.4 Å². The van der Waals surface area contributed by atoms with Gasteiger partial charge < -0.3 is 15.0 Å². The lowest BCUT2D eigenvalue weighted by molar-refractivity contribution is -0.139. The maximum Gasteiger partial charge on any atom is 0.264 e. The quantitative estimate of drug-likeness (QED) is 0.393. The summed E-state index contributed by atoms with van der Waals surface area (Å²) in [5.41, 5.74) is 1.07. The van der Waals surface area contributed by atoms with Gasteiger partial charge in [0.05, 0.1) is 17.2 Å². The normalized spacial score (nSPS) is 11.9. The number of anilines is 1. The Kier molecular flexibility index (Phi) is 9.54. The molecule has 3 rings (SSSR count). The number of carbonyl (C=O) groups is 2. The molecule has 0 fully saturated rings. The molecule has 1 atom stereocenters. The zero-order valence-corrected chi connectivity index (χ0v) is 22.5. The molecule has 196 valence electrons. The molecule has 0 aliphatic rings. The smallest absolute Gasteiger partial charge is 0.264 e. The Morgan fingerprint density at radius 2 is 1.59 bits per heavy atom. The highest BCUT2D eigenvalue weighted by molar-refractivity contribution is 7.92. The van der Waals surface area contributed by atoms with E-state index in [9.17, 15) is 18.0 Å². The average Bonchev–Trinajstić information content (AvgIpc) is 2.91. The van der Waals surface area contributed by atoms with E-state index >= 15 is 0 Å². The summed E-state index contributed by atoms with van der Waals surface area (Å²) in [7, 11) is -2.65. The number of nitrogens with one attached hydrogen (secondary N) is 1. The van der Waals surface area contributed by atoms with E-state index < -0.39 is 28.5 Å². The first-order chi connectivity index (χ1) is 17.7.